The second kappa shape index (κ2) is 10.8. The molecule has 0 saturated heterocycles. The van der Waals surface area contributed by atoms with Crippen molar-refractivity contribution in [3.63, 3.8) is 0 Å². The highest BCUT2D eigenvalue weighted by Crippen LogP contribution is 2.34. The molecule has 206 valence electrons. The molecule has 0 aliphatic carbocycles. The van der Waals surface area contributed by atoms with Gasteiger partial charge >= 0.3 is 12.1 Å². The Kier molecular flexibility index (Phi) is 7.25. The van der Waals surface area contributed by atoms with E-state index in [-0.39, 0.29) is 29.5 Å². The maximum Gasteiger partial charge on any atom is 0.416 e. The fourth-order valence-corrected chi connectivity index (χ4v) is 4.53. The van der Waals surface area contributed by atoms with Crippen LogP contribution in [0.25, 0.3) is 0 Å². The molecule has 0 amide bonds. The maximum atomic E-state index is 13.1. The van der Waals surface area contributed by atoms with Crippen molar-refractivity contribution >= 4 is 23.1 Å². The summed E-state index contributed by atoms with van der Waals surface area (Å²) in [5, 5.41) is 2.84. The van der Waals surface area contributed by atoms with Crippen LogP contribution in [-0.2, 0) is 17.5 Å². The Morgan fingerprint density at radius 1 is 0.925 bits per heavy atom. The molecule has 1 aliphatic rings. The number of anilines is 2. The molecule has 10 heteroatoms. The summed E-state index contributed by atoms with van der Waals surface area (Å²) in [5.41, 5.74) is 2.66. The van der Waals surface area contributed by atoms with Gasteiger partial charge in [-0.05, 0) is 67.9 Å². The highest BCUT2D eigenvalue weighted by atomic mass is 19.4. The molecule has 40 heavy (non-hydrogen) atoms. The van der Waals surface area contributed by atoms with E-state index in [1.807, 2.05) is 36.6 Å². The van der Waals surface area contributed by atoms with Gasteiger partial charge in [-0.15, -0.1) is 0 Å². The first kappa shape index (κ1) is 26.9. The Labute approximate surface area is 228 Å². The molecule has 1 N–H and O–H groups in total. The number of carbonyl (C=O) groups is 2. The van der Waals surface area contributed by atoms with Crippen molar-refractivity contribution in [1.29, 1.82) is 0 Å². The van der Waals surface area contributed by atoms with Crippen molar-refractivity contribution in [2.75, 3.05) is 18.7 Å². The van der Waals surface area contributed by atoms with Crippen molar-refractivity contribution in [3.05, 3.63) is 106 Å². The Balaban J connectivity index is 1.26. The lowest BCUT2D eigenvalue weighted by Gasteiger charge is -2.13. The number of Topliss-reactive ketones (excluding diaryl/α,β-unsaturated/α-hetero) is 1. The van der Waals surface area contributed by atoms with Gasteiger partial charge in [0.2, 0.25) is 12.6 Å². The van der Waals surface area contributed by atoms with E-state index in [1.165, 1.54) is 18.2 Å². The van der Waals surface area contributed by atoms with Crippen molar-refractivity contribution < 1.29 is 37.0 Å². The third-order valence-electron chi connectivity index (χ3n) is 6.60. The third kappa shape index (κ3) is 5.66. The summed E-state index contributed by atoms with van der Waals surface area (Å²) in [5.74, 6) is 0.208. The van der Waals surface area contributed by atoms with Crippen LogP contribution in [0.5, 0.6) is 11.5 Å². The zero-order chi connectivity index (χ0) is 28.4. The summed E-state index contributed by atoms with van der Waals surface area (Å²) in [6, 6.07) is 18.3. The van der Waals surface area contributed by atoms with Crippen LogP contribution in [0.1, 0.15) is 43.2 Å². The Hall–Kier alpha value is -4.73. The number of halogens is 3. The minimum absolute atomic E-state index is 0.0843. The molecular weight excluding hydrogens is 525 g/mol. The molecule has 1 aromatic heterocycles. The highest BCUT2D eigenvalue weighted by Gasteiger charge is 2.30. The first-order valence-electron chi connectivity index (χ1n) is 12.4. The van der Waals surface area contributed by atoms with E-state index in [1.54, 1.807) is 24.3 Å². The quantitative estimate of drug-likeness (QED) is 0.195. The lowest BCUT2D eigenvalue weighted by atomic mass is 10.1. The van der Waals surface area contributed by atoms with E-state index in [0.717, 1.165) is 29.1 Å². The van der Waals surface area contributed by atoms with Gasteiger partial charge < -0.3 is 24.1 Å². The average Bonchev–Trinajstić information content (AvgIpc) is 3.51. The summed E-state index contributed by atoms with van der Waals surface area (Å²) < 4.78 is 57.4. The summed E-state index contributed by atoms with van der Waals surface area (Å²) in [7, 11) is 0. The molecule has 0 saturated carbocycles. The number of aromatic nitrogens is 1. The Morgan fingerprint density at radius 2 is 1.70 bits per heavy atom. The number of hydrogen-bond acceptors (Lipinski definition) is 6. The lowest BCUT2D eigenvalue weighted by molar-refractivity contribution is -0.137. The smallest absolute Gasteiger partial charge is 0.416 e. The number of benzene rings is 3. The number of hydrogen-bond donors (Lipinski definition) is 1. The van der Waals surface area contributed by atoms with Crippen molar-refractivity contribution in [1.82, 2.24) is 4.57 Å². The van der Waals surface area contributed by atoms with Crippen LogP contribution in [0.4, 0.5) is 24.5 Å². The Morgan fingerprint density at radius 3 is 2.50 bits per heavy atom. The summed E-state index contributed by atoms with van der Waals surface area (Å²) >= 11 is 0. The predicted octanol–water partition coefficient (Wildman–Crippen LogP) is 6.68. The molecule has 3 aromatic carbocycles. The van der Waals surface area contributed by atoms with Gasteiger partial charge in [0.25, 0.3) is 0 Å². The molecule has 0 atom stereocenters. The standard InChI is InChI=1S/C30H25F3N2O5/c1-18-12-24(19(2)35(18)15-20-10-11-27-28(13-20)40-17-39-27)26(36)16-38-29(37)23-8-3-4-9-25(23)34-22-7-5-6-21(14-22)30(31,32)33/h3-14,34H,15-17H2,1-2H3. The van der Waals surface area contributed by atoms with Crippen LogP contribution in [0.2, 0.25) is 0 Å². The Bertz CT molecular complexity index is 1590. The van der Waals surface area contributed by atoms with E-state index in [9.17, 15) is 22.8 Å². The van der Waals surface area contributed by atoms with Crippen LogP contribution in [0.15, 0.2) is 72.8 Å². The van der Waals surface area contributed by atoms with Crippen LogP contribution in [-0.4, -0.2) is 29.7 Å². The number of nitrogens with zero attached hydrogens (tertiary/aromatic N) is 1. The average molecular weight is 551 g/mol. The number of alkyl halides is 3. The van der Waals surface area contributed by atoms with Gasteiger partial charge in [-0.1, -0.05) is 24.3 Å². The first-order valence-corrected chi connectivity index (χ1v) is 12.4. The van der Waals surface area contributed by atoms with E-state index in [2.05, 4.69) is 5.32 Å². The monoisotopic (exact) mass is 550 g/mol. The number of ketones is 1. The largest absolute Gasteiger partial charge is 0.454 e. The van der Waals surface area contributed by atoms with E-state index >= 15 is 0 Å². The van der Waals surface area contributed by atoms with Crippen LogP contribution < -0.4 is 14.8 Å². The number of para-hydroxylation sites is 1. The number of carbonyl (C=O) groups excluding carboxylic acids is 2. The molecule has 0 fully saturated rings. The van der Waals surface area contributed by atoms with E-state index < -0.39 is 24.3 Å². The van der Waals surface area contributed by atoms with Gasteiger partial charge in [-0.2, -0.15) is 13.2 Å². The molecule has 0 unspecified atom stereocenters. The SMILES string of the molecule is Cc1cc(C(=O)COC(=O)c2ccccc2Nc2cccc(C(F)(F)F)c2)c(C)n1Cc1ccc2c(c1)OCO2. The lowest BCUT2D eigenvalue weighted by Crippen LogP contribution is -2.16. The molecule has 1 aliphatic heterocycles. The maximum absolute atomic E-state index is 13.1. The number of fused-ring (bicyclic) bond motifs is 1. The van der Waals surface area contributed by atoms with Gasteiger partial charge in [0.1, 0.15) is 0 Å². The van der Waals surface area contributed by atoms with Crippen molar-refractivity contribution in [2.24, 2.45) is 0 Å². The fourth-order valence-electron chi connectivity index (χ4n) is 4.53. The van der Waals surface area contributed by atoms with E-state index in [4.69, 9.17) is 14.2 Å². The molecule has 5 rings (SSSR count). The zero-order valence-corrected chi connectivity index (χ0v) is 21.7. The number of nitrogens with one attached hydrogen (secondary N) is 1. The summed E-state index contributed by atoms with van der Waals surface area (Å²) in [6.07, 6.45) is -4.50. The number of aryl methyl sites for hydroxylation is 1. The highest BCUT2D eigenvalue weighted by molar-refractivity contribution is 6.02. The minimum atomic E-state index is -4.50. The first-order chi connectivity index (χ1) is 19.1. The van der Waals surface area contributed by atoms with Gasteiger partial charge in [0, 0.05) is 29.2 Å². The summed E-state index contributed by atoms with van der Waals surface area (Å²) in [4.78, 5) is 25.9. The molecular formula is C30H25F3N2O5. The molecule has 0 spiro atoms. The van der Waals surface area contributed by atoms with Gasteiger partial charge in [-0.3, -0.25) is 4.79 Å². The molecule has 0 bridgehead atoms. The fraction of sp³-hybridized carbons (Fsp3) is 0.200. The second-order valence-electron chi connectivity index (χ2n) is 9.31. The van der Waals surface area contributed by atoms with Crippen molar-refractivity contribution in [3.8, 4) is 11.5 Å². The summed E-state index contributed by atoms with van der Waals surface area (Å²) in [6.45, 7) is 3.91. The van der Waals surface area contributed by atoms with Crippen LogP contribution in [0, 0.1) is 13.8 Å². The molecule has 7 nitrogen and oxygen atoms in total. The normalized spacial score (nSPS) is 12.3. The predicted molar refractivity (Wildman–Crippen MR) is 141 cm³/mol. The van der Waals surface area contributed by atoms with Crippen LogP contribution in [0.3, 0.4) is 0 Å². The third-order valence-corrected chi connectivity index (χ3v) is 6.60. The minimum Gasteiger partial charge on any atom is -0.454 e. The zero-order valence-electron chi connectivity index (χ0n) is 21.7. The topological polar surface area (TPSA) is 78.8 Å². The van der Waals surface area contributed by atoms with Crippen LogP contribution >= 0.6 is 0 Å². The second-order valence-corrected chi connectivity index (χ2v) is 9.31. The molecule has 4 aromatic rings. The van der Waals surface area contributed by atoms with Gasteiger partial charge in [-0.25, -0.2) is 4.79 Å². The van der Waals surface area contributed by atoms with E-state index in [0.29, 0.717) is 23.6 Å². The number of esters is 1. The van der Waals surface area contributed by atoms with Crippen molar-refractivity contribution in [2.45, 2.75) is 26.6 Å². The number of rotatable bonds is 8. The molecule has 2 heterocycles. The number of ether oxygens (including phenoxy) is 3. The molecule has 0 radical (unpaired) electrons. The van der Waals surface area contributed by atoms with Gasteiger partial charge in [0.05, 0.1) is 16.8 Å². The van der Waals surface area contributed by atoms with Gasteiger partial charge in [0.15, 0.2) is 18.1 Å².